The number of nitrogens with zero attached hydrogens (tertiary/aromatic N) is 2. The van der Waals surface area contributed by atoms with Crippen molar-refractivity contribution in [3.05, 3.63) is 45.7 Å². The molecule has 0 fully saturated rings. The number of esters is 1. The van der Waals surface area contributed by atoms with E-state index in [9.17, 15) is 14.7 Å². The molecule has 0 atom stereocenters. The van der Waals surface area contributed by atoms with E-state index in [1.54, 1.807) is 26.2 Å². The molecule has 0 amide bonds. The number of phenolic OH excluding ortho intramolecular Hbond substituents is 1. The third kappa shape index (κ3) is 3.20. The highest BCUT2D eigenvalue weighted by atomic mass is 32.1. The summed E-state index contributed by atoms with van der Waals surface area (Å²) in [7, 11) is 0. The normalized spacial score (nSPS) is 11.6. The van der Waals surface area contributed by atoms with E-state index in [-0.39, 0.29) is 16.8 Å². The minimum atomic E-state index is -0.702. The maximum absolute atomic E-state index is 12.8. The van der Waals surface area contributed by atoms with Gasteiger partial charge in [0.1, 0.15) is 11.4 Å². The Kier molecular flexibility index (Phi) is 4.00. The summed E-state index contributed by atoms with van der Waals surface area (Å²) in [6.45, 7) is 5.25. The van der Waals surface area contributed by atoms with Crippen molar-refractivity contribution in [1.29, 1.82) is 0 Å². The lowest BCUT2D eigenvalue weighted by Crippen LogP contribution is -2.28. The Balaban J connectivity index is 2.27. The minimum Gasteiger partial charge on any atom is -0.508 e. The molecule has 0 saturated heterocycles. The molecule has 130 valence electrons. The Morgan fingerprint density at radius 2 is 1.92 bits per heavy atom. The zero-order valence-corrected chi connectivity index (χ0v) is 14.8. The van der Waals surface area contributed by atoms with E-state index in [4.69, 9.17) is 10.5 Å². The number of aromatic nitrogens is 2. The van der Waals surface area contributed by atoms with E-state index in [1.165, 1.54) is 24.3 Å². The van der Waals surface area contributed by atoms with Crippen molar-refractivity contribution in [2.24, 2.45) is 0 Å². The molecule has 1 aromatic carbocycles. The molecule has 7 nitrogen and oxygen atoms in total. The van der Waals surface area contributed by atoms with Crippen molar-refractivity contribution in [2.45, 2.75) is 26.4 Å². The fourth-order valence-electron chi connectivity index (χ4n) is 2.32. The van der Waals surface area contributed by atoms with Crippen LogP contribution in [-0.4, -0.2) is 26.5 Å². The van der Waals surface area contributed by atoms with E-state index >= 15 is 0 Å². The van der Waals surface area contributed by atoms with Crippen LogP contribution >= 0.6 is 11.3 Å². The number of rotatable bonds is 2. The van der Waals surface area contributed by atoms with E-state index in [2.05, 4.69) is 5.10 Å². The van der Waals surface area contributed by atoms with Crippen LogP contribution in [0.3, 0.4) is 0 Å². The zero-order valence-electron chi connectivity index (χ0n) is 13.9. The molecule has 0 radical (unpaired) electrons. The molecule has 0 aliphatic heterocycles. The highest BCUT2D eigenvalue weighted by Crippen LogP contribution is 2.28. The summed E-state index contributed by atoms with van der Waals surface area (Å²) in [5, 5.41) is 16.2. The predicted molar refractivity (Wildman–Crippen MR) is 96.5 cm³/mol. The number of ether oxygens (including phenoxy) is 1. The summed E-state index contributed by atoms with van der Waals surface area (Å²) >= 11 is 1.16. The van der Waals surface area contributed by atoms with Crippen LogP contribution in [0.5, 0.6) is 5.75 Å². The maximum atomic E-state index is 12.8. The van der Waals surface area contributed by atoms with E-state index in [0.717, 1.165) is 16.0 Å². The number of phenols is 1. The molecule has 2 heterocycles. The number of aromatic hydroxyl groups is 1. The highest BCUT2D eigenvalue weighted by molar-refractivity contribution is 7.15. The summed E-state index contributed by atoms with van der Waals surface area (Å²) in [5.41, 5.74) is 5.21. The lowest BCUT2D eigenvalue weighted by molar-refractivity contribution is 0.00635. The number of benzene rings is 1. The highest BCUT2D eigenvalue weighted by Gasteiger charge is 2.25. The third-order valence-corrected chi connectivity index (χ3v) is 4.18. The van der Waals surface area contributed by atoms with Crippen LogP contribution in [0.1, 0.15) is 31.3 Å². The topological polar surface area (TPSA) is 107 Å². The first-order valence-electron chi connectivity index (χ1n) is 7.50. The summed E-state index contributed by atoms with van der Waals surface area (Å²) in [6.07, 6.45) is 0. The van der Waals surface area contributed by atoms with Gasteiger partial charge >= 0.3 is 5.97 Å². The lowest BCUT2D eigenvalue weighted by Gasteiger charge is -2.19. The number of hydrogen-bond donors (Lipinski definition) is 2. The number of nitrogen functional groups attached to an aromatic ring is 1. The Labute approximate surface area is 147 Å². The van der Waals surface area contributed by atoms with Gasteiger partial charge in [0.05, 0.1) is 16.1 Å². The van der Waals surface area contributed by atoms with Crippen LogP contribution < -0.4 is 11.3 Å². The number of hydrogen-bond acceptors (Lipinski definition) is 7. The average Bonchev–Trinajstić information content (AvgIpc) is 2.89. The number of carbonyl (C=O) groups excluding carboxylic acids is 1. The first-order valence-corrected chi connectivity index (χ1v) is 8.38. The third-order valence-electron chi connectivity index (χ3n) is 3.37. The van der Waals surface area contributed by atoms with Crippen LogP contribution in [-0.2, 0) is 4.74 Å². The molecule has 3 aromatic rings. The minimum absolute atomic E-state index is 0.0190. The average molecular weight is 359 g/mol. The van der Waals surface area contributed by atoms with Gasteiger partial charge in [-0.2, -0.15) is 9.78 Å². The first kappa shape index (κ1) is 17.0. The molecule has 25 heavy (non-hydrogen) atoms. The van der Waals surface area contributed by atoms with Gasteiger partial charge < -0.3 is 15.6 Å². The van der Waals surface area contributed by atoms with Gasteiger partial charge in [0.2, 0.25) is 0 Å². The molecular formula is C17H17N3O4S. The molecule has 0 unspecified atom stereocenters. The molecular weight excluding hydrogens is 342 g/mol. The molecule has 0 spiro atoms. The van der Waals surface area contributed by atoms with Crippen LogP contribution in [0.15, 0.2) is 34.4 Å². The Morgan fingerprint density at radius 1 is 1.28 bits per heavy atom. The maximum Gasteiger partial charge on any atom is 0.360 e. The second kappa shape index (κ2) is 5.89. The predicted octanol–water partition coefficient (Wildman–Crippen LogP) is 2.69. The fraction of sp³-hybridized carbons (Fsp3) is 0.235. The number of fused-ring (bicyclic) bond motifs is 1. The second-order valence-corrected chi connectivity index (χ2v) is 7.38. The summed E-state index contributed by atoms with van der Waals surface area (Å²) in [5.74, 6) is -0.580. The SMILES string of the molecule is CC(C)(C)OC(=O)c1nn(-c2ccc(O)cc2)c(=O)c2c(N)scc12. The standard InChI is InChI=1S/C17H17N3O4S/c1-17(2,3)24-16(23)13-11-8-25-14(18)12(11)15(22)20(19-13)9-4-6-10(21)7-5-9/h4-8,21H,18H2,1-3H3. The Morgan fingerprint density at radius 3 is 2.52 bits per heavy atom. The Bertz CT molecular complexity index is 1010. The van der Waals surface area contributed by atoms with Crippen LogP contribution in [0.2, 0.25) is 0 Å². The van der Waals surface area contributed by atoms with Crippen molar-refractivity contribution in [1.82, 2.24) is 9.78 Å². The van der Waals surface area contributed by atoms with Crippen LogP contribution in [0.25, 0.3) is 16.5 Å². The first-order chi connectivity index (χ1) is 11.7. The van der Waals surface area contributed by atoms with Gasteiger partial charge in [-0.15, -0.1) is 11.3 Å². The molecule has 0 aliphatic rings. The molecule has 0 saturated carbocycles. The van der Waals surface area contributed by atoms with Gasteiger partial charge in [-0.3, -0.25) is 4.79 Å². The number of nitrogens with two attached hydrogens (primary N) is 1. The summed E-state index contributed by atoms with van der Waals surface area (Å²) in [6, 6.07) is 5.91. The van der Waals surface area contributed by atoms with Crippen molar-refractivity contribution < 1.29 is 14.6 Å². The van der Waals surface area contributed by atoms with Gasteiger partial charge in [-0.05, 0) is 45.0 Å². The Hall–Kier alpha value is -2.87. The number of carbonyl (C=O) groups is 1. The number of anilines is 1. The summed E-state index contributed by atoms with van der Waals surface area (Å²) in [4.78, 5) is 25.3. The van der Waals surface area contributed by atoms with E-state index in [0.29, 0.717) is 16.1 Å². The molecule has 0 bridgehead atoms. The molecule has 0 aliphatic carbocycles. The molecule has 8 heteroatoms. The van der Waals surface area contributed by atoms with Crippen molar-refractivity contribution >= 4 is 33.1 Å². The molecule has 3 N–H and O–H groups in total. The largest absolute Gasteiger partial charge is 0.508 e. The van der Waals surface area contributed by atoms with Crippen molar-refractivity contribution in [3.63, 3.8) is 0 Å². The monoisotopic (exact) mass is 359 g/mol. The van der Waals surface area contributed by atoms with Crippen molar-refractivity contribution in [3.8, 4) is 11.4 Å². The fourth-order valence-corrected chi connectivity index (χ4v) is 3.11. The van der Waals surface area contributed by atoms with Crippen LogP contribution in [0.4, 0.5) is 5.00 Å². The quantitative estimate of drug-likeness (QED) is 0.681. The molecule has 2 aromatic heterocycles. The molecule has 3 rings (SSSR count). The van der Waals surface area contributed by atoms with Crippen molar-refractivity contribution in [2.75, 3.05) is 5.73 Å². The number of thiophene rings is 1. The smallest absolute Gasteiger partial charge is 0.360 e. The van der Waals surface area contributed by atoms with E-state index in [1.807, 2.05) is 0 Å². The van der Waals surface area contributed by atoms with Gasteiger partial charge in [0.25, 0.3) is 5.56 Å². The second-order valence-electron chi connectivity index (χ2n) is 6.47. The lowest BCUT2D eigenvalue weighted by atomic mass is 10.2. The summed E-state index contributed by atoms with van der Waals surface area (Å²) < 4.78 is 6.49. The van der Waals surface area contributed by atoms with Gasteiger partial charge in [-0.25, -0.2) is 4.79 Å². The van der Waals surface area contributed by atoms with E-state index < -0.39 is 17.1 Å². The van der Waals surface area contributed by atoms with Gasteiger partial charge in [-0.1, -0.05) is 0 Å². The van der Waals surface area contributed by atoms with Crippen LogP contribution in [0, 0.1) is 0 Å². The van der Waals surface area contributed by atoms with Gasteiger partial charge in [0, 0.05) is 10.8 Å². The van der Waals surface area contributed by atoms with Gasteiger partial charge in [0.15, 0.2) is 5.69 Å². The zero-order chi connectivity index (χ0) is 18.4.